The summed E-state index contributed by atoms with van der Waals surface area (Å²) in [5.74, 6) is -0.0909. The van der Waals surface area contributed by atoms with Crippen molar-refractivity contribution in [3.8, 4) is 0 Å². The molecule has 0 saturated heterocycles. The highest BCUT2D eigenvalue weighted by atomic mass is 16.5. The molecule has 0 bridgehead atoms. The molecule has 0 radical (unpaired) electrons. The van der Waals surface area contributed by atoms with E-state index in [1.54, 1.807) is 0 Å². The van der Waals surface area contributed by atoms with Crippen molar-refractivity contribution in [3.63, 3.8) is 0 Å². The highest BCUT2D eigenvalue weighted by molar-refractivity contribution is 5.77. The molecule has 0 aliphatic rings. The fraction of sp³-hybridized carbons (Fsp3) is 0.900. The lowest BCUT2D eigenvalue weighted by molar-refractivity contribution is -0.126. The van der Waals surface area contributed by atoms with E-state index in [9.17, 15) is 4.79 Å². The van der Waals surface area contributed by atoms with Gasteiger partial charge in [0, 0.05) is 13.2 Å². The van der Waals surface area contributed by atoms with E-state index >= 15 is 0 Å². The van der Waals surface area contributed by atoms with Gasteiger partial charge >= 0.3 is 0 Å². The van der Waals surface area contributed by atoms with Gasteiger partial charge in [-0.15, -0.1) is 0 Å². The second-order valence-corrected chi connectivity index (χ2v) is 2.82. The quantitative estimate of drug-likeness (QED) is 0.533. The highest BCUT2D eigenvalue weighted by Crippen LogP contribution is 1.81. The normalized spacial score (nSPS) is 10.3. The molecule has 1 amide bonds. The summed E-state index contributed by atoms with van der Waals surface area (Å²) in [6.45, 7) is 7.35. The van der Waals surface area contributed by atoms with Crippen molar-refractivity contribution >= 4 is 5.91 Å². The number of nitrogens with one attached hydrogen (secondary N) is 1. The zero-order valence-electron chi connectivity index (χ0n) is 9.58. The first-order valence-electron chi connectivity index (χ1n) is 5.31. The van der Waals surface area contributed by atoms with Crippen LogP contribution >= 0.6 is 0 Å². The first-order chi connectivity index (χ1) is 7.31. The summed E-state index contributed by atoms with van der Waals surface area (Å²) in [6.07, 6.45) is 0. The average molecular weight is 219 g/mol. The average Bonchev–Trinajstić information content (AvgIpc) is 2.22. The molecule has 0 rings (SSSR count). The minimum atomic E-state index is -0.0909. The summed E-state index contributed by atoms with van der Waals surface area (Å²) in [5, 5.41) is 2.64. The van der Waals surface area contributed by atoms with Crippen molar-refractivity contribution in [2.75, 3.05) is 46.2 Å². The largest absolute Gasteiger partial charge is 0.379 e. The van der Waals surface area contributed by atoms with Crippen molar-refractivity contribution in [1.29, 1.82) is 0 Å². The molecule has 0 aromatic heterocycles. The summed E-state index contributed by atoms with van der Waals surface area (Å²) in [6, 6.07) is 0. The molecule has 0 unspecified atom stereocenters. The van der Waals surface area contributed by atoms with E-state index in [2.05, 4.69) is 5.32 Å². The number of likely N-dealkylation sites (N-methyl/N-ethyl adjacent to an activating group) is 1. The van der Waals surface area contributed by atoms with Crippen LogP contribution in [0.3, 0.4) is 0 Å². The Hall–Kier alpha value is -0.650. The molecule has 0 aliphatic heterocycles. The molecule has 1 N–H and O–H groups in total. The molecule has 5 nitrogen and oxygen atoms in total. The van der Waals surface area contributed by atoms with Crippen LogP contribution in [0.5, 0.6) is 0 Å². The smallest absolute Gasteiger partial charge is 0.245 e. The third-order valence-corrected chi connectivity index (χ3v) is 1.56. The van der Waals surface area contributed by atoms with Crippen LogP contribution in [0.15, 0.2) is 0 Å². The molecular weight excluding hydrogens is 198 g/mol. The van der Waals surface area contributed by atoms with Gasteiger partial charge in [-0.2, -0.15) is 0 Å². The number of ether oxygens (including phenoxy) is 3. The fourth-order valence-corrected chi connectivity index (χ4v) is 0.895. The molecule has 15 heavy (non-hydrogen) atoms. The Morgan fingerprint density at radius 3 is 2.20 bits per heavy atom. The number of amides is 1. The molecule has 0 spiro atoms. The van der Waals surface area contributed by atoms with E-state index in [4.69, 9.17) is 14.2 Å². The van der Waals surface area contributed by atoms with Gasteiger partial charge in [0.2, 0.25) is 5.91 Å². The van der Waals surface area contributed by atoms with Crippen molar-refractivity contribution in [2.45, 2.75) is 13.8 Å². The van der Waals surface area contributed by atoms with Crippen molar-refractivity contribution < 1.29 is 19.0 Å². The van der Waals surface area contributed by atoms with E-state index in [-0.39, 0.29) is 12.5 Å². The lowest BCUT2D eigenvalue weighted by Gasteiger charge is -2.05. The van der Waals surface area contributed by atoms with Crippen LogP contribution in [-0.2, 0) is 19.0 Å². The Bertz CT molecular complexity index is 152. The summed E-state index contributed by atoms with van der Waals surface area (Å²) in [4.78, 5) is 10.9. The summed E-state index contributed by atoms with van der Waals surface area (Å²) >= 11 is 0. The predicted octanol–water partition coefficient (Wildman–Crippen LogP) is 0.192. The maximum atomic E-state index is 10.9. The second kappa shape index (κ2) is 11.4. The molecule has 5 heteroatoms. The minimum absolute atomic E-state index is 0.0909. The minimum Gasteiger partial charge on any atom is -0.379 e. The van der Waals surface area contributed by atoms with Gasteiger partial charge in [0.1, 0.15) is 6.61 Å². The van der Waals surface area contributed by atoms with Gasteiger partial charge in [-0.3, -0.25) is 4.79 Å². The van der Waals surface area contributed by atoms with Crippen LogP contribution in [0.25, 0.3) is 0 Å². The number of carbonyl (C=O) groups excluding carboxylic acids is 1. The number of hydrogen-bond donors (Lipinski definition) is 1. The predicted molar refractivity (Wildman–Crippen MR) is 56.8 cm³/mol. The number of carbonyl (C=O) groups is 1. The van der Waals surface area contributed by atoms with E-state index in [1.807, 2.05) is 13.8 Å². The third-order valence-electron chi connectivity index (χ3n) is 1.56. The Morgan fingerprint density at radius 2 is 1.60 bits per heavy atom. The lowest BCUT2D eigenvalue weighted by Crippen LogP contribution is -2.27. The third kappa shape index (κ3) is 11.3. The molecule has 0 aliphatic carbocycles. The molecule has 0 aromatic rings. The van der Waals surface area contributed by atoms with Crippen LogP contribution in [0, 0.1) is 0 Å². The first-order valence-corrected chi connectivity index (χ1v) is 5.31. The van der Waals surface area contributed by atoms with Gasteiger partial charge in [-0.1, -0.05) is 0 Å². The molecule has 90 valence electrons. The van der Waals surface area contributed by atoms with Crippen LogP contribution in [0.2, 0.25) is 0 Å². The van der Waals surface area contributed by atoms with Crippen molar-refractivity contribution in [3.05, 3.63) is 0 Å². The molecule has 0 heterocycles. The monoisotopic (exact) mass is 219 g/mol. The Balaban J connectivity index is 3.01. The van der Waals surface area contributed by atoms with E-state index in [0.717, 1.165) is 0 Å². The SMILES string of the molecule is CCNC(=O)COCCOCCOCC. The summed E-state index contributed by atoms with van der Waals surface area (Å²) in [5.41, 5.74) is 0. The fourth-order valence-electron chi connectivity index (χ4n) is 0.895. The summed E-state index contributed by atoms with van der Waals surface area (Å²) < 4.78 is 15.4. The number of rotatable bonds is 10. The second-order valence-electron chi connectivity index (χ2n) is 2.82. The van der Waals surface area contributed by atoms with Gasteiger partial charge in [0.15, 0.2) is 0 Å². The molecule has 0 saturated carbocycles. The molecule has 0 aromatic carbocycles. The Kier molecular flexibility index (Phi) is 10.9. The Labute approximate surface area is 91.1 Å². The zero-order chi connectivity index (χ0) is 11.4. The van der Waals surface area contributed by atoms with Gasteiger partial charge in [-0.25, -0.2) is 0 Å². The highest BCUT2D eigenvalue weighted by Gasteiger charge is 1.97. The van der Waals surface area contributed by atoms with Crippen LogP contribution in [0.4, 0.5) is 0 Å². The van der Waals surface area contributed by atoms with E-state index < -0.39 is 0 Å². The maximum absolute atomic E-state index is 10.9. The number of hydrogen-bond acceptors (Lipinski definition) is 4. The van der Waals surface area contributed by atoms with Gasteiger partial charge in [0.25, 0.3) is 0 Å². The summed E-state index contributed by atoms with van der Waals surface area (Å²) in [7, 11) is 0. The van der Waals surface area contributed by atoms with Crippen LogP contribution in [0.1, 0.15) is 13.8 Å². The van der Waals surface area contributed by atoms with Gasteiger partial charge in [0.05, 0.1) is 26.4 Å². The standard InChI is InChI=1S/C10H21NO4/c1-3-11-10(12)9-15-8-7-14-6-5-13-4-2/h3-9H2,1-2H3,(H,11,12). The molecule has 0 fully saturated rings. The molecule has 0 atom stereocenters. The van der Waals surface area contributed by atoms with E-state index in [1.165, 1.54) is 0 Å². The first kappa shape index (κ1) is 14.3. The van der Waals surface area contributed by atoms with Crippen molar-refractivity contribution in [1.82, 2.24) is 5.32 Å². The van der Waals surface area contributed by atoms with Crippen LogP contribution in [-0.4, -0.2) is 52.1 Å². The molecular formula is C10H21NO4. The zero-order valence-corrected chi connectivity index (χ0v) is 9.58. The van der Waals surface area contributed by atoms with Crippen molar-refractivity contribution in [2.24, 2.45) is 0 Å². The van der Waals surface area contributed by atoms with Gasteiger partial charge < -0.3 is 19.5 Å². The van der Waals surface area contributed by atoms with Gasteiger partial charge in [-0.05, 0) is 13.8 Å². The Morgan fingerprint density at radius 1 is 1.00 bits per heavy atom. The lowest BCUT2D eigenvalue weighted by atomic mass is 10.6. The maximum Gasteiger partial charge on any atom is 0.245 e. The topological polar surface area (TPSA) is 56.8 Å². The van der Waals surface area contributed by atoms with E-state index in [0.29, 0.717) is 39.6 Å². The van der Waals surface area contributed by atoms with Crippen LogP contribution < -0.4 is 5.32 Å².